The molecule has 7 nitrogen and oxygen atoms in total. The first-order valence-electron chi connectivity index (χ1n) is 8.46. The Hall–Kier alpha value is -1.93. The lowest BCUT2D eigenvalue weighted by atomic mass is 10.0. The molecule has 2 amide bonds. The van der Waals surface area contributed by atoms with Gasteiger partial charge in [-0.1, -0.05) is 6.92 Å². The maximum absolute atomic E-state index is 12.4. The Balaban J connectivity index is 2.16. The molecule has 8 heteroatoms. The molecule has 2 heterocycles. The van der Waals surface area contributed by atoms with E-state index in [9.17, 15) is 14.4 Å². The highest BCUT2D eigenvalue weighted by Crippen LogP contribution is 2.33. The van der Waals surface area contributed by atoms with Gasteiger partial charge in [-0.2, -0.15) is 0 Å². The summed E-state index contributed by atoms with van der Waals surface area (Å²) >= 11 is 1.01. The van der Waals surface area contributed by atoms with E-state index in [1.807, 2.05) is 0 Å². The zero-order valence-electron chi connectivity index (χ0n) is 14.9. The number of ether oxygens (including phenoxy) is 1. The van der Waals surface area contributed by atoms with E-state index in [4.69, 9.17) is 10.5 Å². The van der Waals surface area contributed by atoms with Crippen LogP contribution >= 0.6 is 11.3 Å². The van der Waals surface area contributed by atoms with Crippen LogP contribution in [0.15, 0.2) is 0 Å². The molecule has 2 rings (SSSR count). The lowest BCUT2D eigenvalue weighted by Crippen LogP contribution is -2.39. The molecule has 1 saturated heterocycles. The molecule has 0 aromatic carbocycles. The number of primary amides is 1. The third-order valence-corrected chi connectivity index (χ3v) is 5.43. The second-order valence-corrected chi connectivity index (χ2v) is 7.40. The first-order valence-corrected chi connectivity index (χ1v) is 9.27. The van der Waals surface area contributed by atoms with Crippen molar-refractivity contribution in [2.24, 2.45) is 11.7 Å². The number of nitrogens with zero attached hydrogens (tertiary/aromatic N) is 1. The fraction of sp³-hybridized carbons (Fsp3) is 0.588. The zero-order chi connectivity index (χ0) is 18.6. The van der Waals surface area contributed by atoms with Crippen LogP contribution in [0.4, 0.5) is 5.00 Å². The van der Waals surface area contributed by atoms with E-state index in [-0.39, 0.29) is 29.5 Å². The zero-order valence-corrected chi connectivity index (χ0v) is 15.7. The monoisotopic (exact) mass is 367 g/mol. The molecule has 0 radical (unpaired) electrons. The first kappa shape index (κ1) is 19.4. The summed E-state index contributed by atoms with van der Waals surface area (Å²) in [5.41, 5.74) is 6.02. The minimum atomic E-state index is -0.626. The molecule has 1 atom stereocenters. The van der Waals surface area contributed by atoms with E-state index in [1.54, 1.807) is 13.8 Å². The SMILES string of the molecule is CCOC(=O)c1c(NC(=O)CN2CCC[C@@H](C)C2)sc(C(N)=O)c1C. The summed E-state index contributed by atoms with van der Waals surface area (Å²) in [5, 5.41) is 3.08. The lowest BCUT2D eigenvalue weighted by molar-refractivity contribution is -0.117. The van der Waals surface area contributed by atoms with Crippen molar-refractivity contribution in [3.05, 3.63) is 16.0 Å². The maximum Gasteiger partial charge on any atom is 0.341 e. The van der Waals surface area contributed by atoms with Crippen LogP contribution in [-0.4, -0.2) is 48.9 Å². The molecule has 0 saturated carbocycles. The predicted molar refractivity (Wildman–Crippen MR) is 97.0 cm³/mol. The number of likely N-dealkylation sites (tertiary alicyclic amines) is 1. The van der Waals surface area contributed by atoms with Crippen molar-refractivity contribution in [1.29, 1.82) is 0 Å². The highest BCUT2D eigenvalue weighted by Gasteiger charge is 2.26. The van der Waals surface area contributed by atoms with Crippen LogP contribution in [0.25, 0.3) is 0 Å². The van der Waals surface area contributed by atoms with Gasteiger partial charge in [0.25, 0.3) is 5.91 Å². The Morgan fingerprint density at radius 3 is 2.72 bits per heavy atom. The number of anilines is 1. The number of carbonyl (C=O) groups is 3. The number of hydrogen-bond donors (Lipinski definition) is 2. The molecule has 25 heavy (non-hydrogen) atoms. The molecule has 0 bridgehead atoms. The predicted octanol–water partition coefficient (Wildman–Crippen LogP) is 2.00. The first-order chi connectivity index (χ1) is 11.8. The quantitative estimate of drug-likeness (QED) is 0.749. The van der Waals surface area contributed by atoms with Crippen molar-refractivity contribution in [3.8, 4) is 0 Å². The van der Waals surface area contributed by atoms with Crippen LogP contribution in [0.3, 0.4) is 0 Å². The number of hydrogen-bond acceptors (Lipinski definition) is 6. The molecular formula is C17H25N3O4S. The highest BCUT2D eigenvalue weighted by molar-refractivity contribution is 7.18. The number of thiophene rings is 1. The van der Waals surface area contributed by atoms with Gasteiger partial charge in [-0.15, -0.1) is 11.3 Å². The van der Waals surface area contributed by atoms with Crippen LogP contribution in [0.1, 0.15) is 52.3 Å². The van der Waals surface area contributed by atoms with E-state index in [0.717, 1.165) is 30.8 Å². The maximum atomic E-state index is 12.4. The van der Waals surface area contributed by atoms with Crippen molar-refractivity contribution < 1.29 is 19.1 Å². The summed E-state index contributed by atoms with van der Waals surface area (Å²) in [6.07, 6.45) is 2.25. The van der Waals surface area contributed by atoms with Crippen LogP contribution in [0.5, 0.6) is 0 Å². The average Bonchev–Trinajstić information content (AvgIpc) is 2.84. The van der Waals surface area contributed by atoms with E-state index < -0.39 is 11.9 Å². The van der Waals surface area contributed by atoms with E-state index in [0.29, 0.717) is 16.5 Å². The van der Waals surface area contributed by atoms with E-state index in [1.165, 1.54) is 6.42 Å². The molecular weight excluding hydrogens is 342 g/mol. The molecule has 0 aliphatic carbocycles. The van der Waals surface area contributed by atoms with Gasteiger partial charge in [0, 0.05) is 6.54 Å². The third-order valence-electron chi connectivity index (χ3n) is 4.21. The lowest BCUT2D eigenvalue weighted by Gasteiger charge is -2.30. The number of carbonyl (C=O) groups excluding carboxylic acids is 3. The van der Waals surface area contributed by atoms with Crippen molar-refractivity contribution in [2.45, 2.75) is 33.6 Å². The Morgan fingerprint density at radius 2 is 2.12 bits per heavy atom. The van der Waals surface area contributed by atoms with Gasteiger partial charge in [-0.05, 0) is 44.7 Å². The number of nitrogens with two attached hydrogens (primary N) is 1. The van der Waals surface area contributed by atoms with E-state index in [2.05, 4.69) is 17.1 Å². The highest BCUT2D eigenvalue weighted by atomic mass is 32.1. The smallest absolute Gasteiger partial charge is 0.341 e. The van der Waals surface area contributed by atoms with Gasteiger partial charge in [0.1, 0.15) is 5.00 Å². The standard InChI is InChI=1S/C17H25N3O4S/c1-4-24-17(23)13-11(3)14(15(18)22)25-16(13)19-12(21)9-20-7-5-6-10(2)8-20/h10H,4-9H2,1-3H3,(H2,18,22)(H,19,21)/t10-/m1/s1. The van der Waals surface area contributed by atoms with Crippen LogP contribution in [0.2, 0.25) is 0 Å². The molecule has 0 spiro atoms. The fourth-order valence-electron chi connectivity index (χ4n) is 3.09. The second kappa shape index (κ2) is 8.44. The minimum absolute atomic E-state index is 0.207. The summed E-state index contributed by atoms with van der Waals surface area (Å²) in [5.74, 6) is -0.831. The number of nitrogens with one attached hydrogen (secondary N) is 1. The molecule has 3 N–H and O–H groups in total. The Labute approximate surface area is 151 Å². The fourth-order valence-corrected chi connectivity index (χ4v) is 4.15. The molecule has 1 fully saturated rings. The molecule has 138 valence electrons. The van der Waals surface area contributed by atoms with Crippen molar-refractivity contribution in [1.82, 2.24) is 4.90 Å². The Morgan fingerprint density at radius 1 is 1.40 bits per heavy atom. The summed E-state index contributed by atoms with van der Waals surface area (Å²) in [6.45, 7) is 7.74. The number of esters is 1. The van der Waals surface area contributed by atoms with Crippen LogP contribution in [-0.2, 0) is 9.53 Å². The second-order valence-electron chi connectivity index (χ2n) is 6.38. The molecule has 0 unspecified atom stereocenters. The number of amides is 2. The average molecular weight is 367 g/mol. The summed E-state index contributed by atoms with van der Waals surface area (Å²) in [4.78, 5) is 38.5. The van der Waals surface area contributed by atoms with Gasteiger partial charge >= 0.3 is 5.97 Å². The van der Waals surface area contributed by atoms with Crippen LogP contribution in [0, 0.1) is 12.8 Å². The topological polar surface area (TPSA) is 102 Å². The normalized spacial score (nSPS) is 18.0. The van der Waals surface area contributed by atoms with Gasteiger partial charge in [-0.3, -0.25) is 14.5 Å². The van der Waals surface area contributed by atoms with Gasteiger partial charge < -0.3 is 15.8 Å². The molecule has 1 aromatic heterocycles. The molecule has 1 aliphatic heterocycles. The summed E-state index contributed by atoms with van der Waals surface area (Å²) in [6, 6.07) is 0. The molecule has 1 aliphatic rings. The summed E-state index contributed by atoms with van der Waals surface area (Å²) < 4.78 is 5.04. The van der Waals surface area contributed by atoms with Gasteiger partial charge in [0.2, 0.25) is 5.91 Å². The van der Waals surface area contributed by atoms with Crippen LogP contribution < -0.4 is 11.1 Å². The third kappa shape index (κ3) is 4.79. The Kier molecular flexibility index (Phi) is 6.55. The van der Waals surface area contributed by atoms with Crippen molar-refractivity contribution in [3.63, 3.8) is 0 Å². The van der Waals surface area contributed by atoms with Crippen molar-refractivity contribution >= 4 is 34.1 Å². The summed E-state index contributed by atoms with van der Waals surface area (Å²) in [7, 11) is 0. The van der Waals surface area contributed by atoms with Gasteiger partial charge in [0.15, 0.2) is 0 Å². The molecule has 1 aromatic rings. The number of piperidine rings is 1. The number of rotatable bonds is 6. The minimum Gasteiger partial charge on any atom is -0.462 e. The van der Waals surface area contributed by atoms with Gasteiger partial charge in [0.05, 0.1) is 23.6 Å². The van der Waals surface area contributed by atoms with Crippen molar-refractivity contribution in [2.75, 3.05) is 31.6 Å². The van der Waals surface area contributed by atoms with E-state index >= 15 is 0 Å². The van der Waals surface area contributed by atoms with Gasteiger partial charge in [-0.25, -0.2) is 4.79 Å². The Bertz CT molecular complexity index is 671. The largest absolute Gasteiger partial charge is 0.462 e.